The molecule has 0 aliphatic carbocycles. The number of imidazole rings is 1. The standard InChI is InChI=1S/C21H21ClN6O2S/c1-30-18-15(12-31-19(18)22)21(29)26-9-6-14(7-10-26)20-23-8-11-27(20)13-28-17-5-3-2-4-16(17)24-25-28/h2-5,8,11-12,14H,6-7,9-10,13H2,1H3. The van der Waals surface area contributed by atoms with E-state index in [0.29, 0.717) is 35.4 Å². The van der Waals surface area contributed by atoms with E-state index >= 15 is 0 Å². The minimum absolute atomic E-state index is 0.0316. The van der Waals surface area contributed by atoms with Crippen LogP contribution >= 0.6 is 22.9 Å². The second kappa shape index (κ2) is 8.32. The molecule has 3 aromatic heterocycles. The average molecular weight is 457 g/mol. The van der Waals surface area contributed by atoms with Gasteiger partial charge in [-0.15, -0.1) is 16.4 Å². The van der Waals surface area contributed by atoms with Crippen molar-refractivity contribution in [1.82, 2.24) is 29.4 Å². The summed E-state index contributed by atoms with van der Waals surface area (Å²) in [5.41, 5.74) is 2.40. The molecule has 5 rings (SSSR count). The number of rotatable bonds is 5. The minimum atomic E-state index is -0.0316. The predicted octanol–water partition coefficient (Wildman–Crippen LogP) is 3.88. The van der Waals surface area contributed by atoms with Gasteiger partial charge in [0.05, 0.1) is 18.2 Å². The first kappa shape index (κ1) is 20.0. The van der Waals surface area contributed by atoms with Crippen LogP contribution in [-0.4, -0.2) is 55.6 Å². The Kier molecular flexibility index (Phi) is 5.37. The summed E-state index contributed by atoms with van der Waals surface area (Å²) in [6.07, 6.45) is 5.49. The second-order valence-corrected chi connectivity index (χ2v) is 8.98. The van der Waals surface area contributed by atoms with Crippen molar-refractivity contribution in [3.63, 3.8) is 0 Å². The van der Waals surface area contributed by atoms with E-state index in [-0.39, 0.29) is 11.8 Å². The third-order valence-electron chi connectivity index (χ3n) is 5.74. The Balaban J connectivity index is 1.28. The number of para-hydroxylation sites is 1. The molecule has 4 heterocycles. The van der Waals surface area contributed by atoms with Crippen molar-refractivity contribution >= 4 is 39.9 Å². The molecule has 0 atom stereocenters. The summed E-state index contributed by atoms with van der Waals surface area (Å²) >= 11 is 7.45. The van der Waals surface area contributed by atoms with Crippen LogP contribution in [0.3, 0.4) is 0 Å². The van der Waals surface area contributed by atoms with Crippen LogP contribution in [0.25, 0.3) is 11.0 Å². The molecule has 1 fully saturated rings. The number of amides is 1. The first-order valence-corrected chi connectivity index (χ1v) is 11.3. The summed E-state index contributed by atoms with van der Waals surface area (Å²) in [4.78, 5) is 19.4. The summed E-state index contributed by atoms with van der Waals surface area (Å²) in [5.74, 6) is 1.73. The number of halogens is 1. The lowest BCUT2D eigenvalue weighted by Crippen LogP contribution is -2.38. The number of carbonyl (C=O) groups excluding carboxylic acids is 1. The van der Waals surface area contributed by atoms with Gasteiger partial charge in [-0.1, -0.05) is 28.9 Å². The molecule has 0 spiro atoms. The molecule has 1 aromatic carbocycles. The molecule has 0 radical (unpaired) electrons. The number of fused-ring (bicyclic) bond motifs is 1. The van der Waals surface area contributed by atoms with Crippen molar-refractivity contribution < 1.29 is 9.53 Å². The molecule has 0 N–H and O–H groups in total. The van der Waals surface area contributed by atoms with Gasteiger partial charge >= 0.3 is 0 Å². The number of nitrogens with zero attached hydrogens (tertiary/aromatic N) is 6. The highest BCUT2D eigenvalue weighted by Crippen LogP contribution is 2.37. The van der Waals surface area contributed by atoms with Crippen LogP contribution in [0.1, 0.15) is 34.9 Å². The quantitative estimate of drug-likeness (QED) is 0.455. The maximum Gasteiger partial charge on any atom is 0.258 e. The third kappa shape index (κ3) is 3.68. The van der Waals surface area contributed by atoms with E-state index in [1.54, 1.807) is 5.38 Å². The van der Waals surface area contributed by atoms with Gasteiger partial charge in [-0.2, -0.15) is 0 Å². The molecular formula is C21H21ClN6O2S. The molecular weight excluding hydrogens is 436 g/mol. The molecule has 1 aliphatic rings. The second-order valence-electron chi connectivity index (χ2n) is 7.50. The fourth-order valence-electron chi connectivity index (χ4n) is 4.14. The molecule has 0 saturated carbocycles. The van der Waals surface area contributed by atoms with Gasteiger partial charge in [0.15, 0.2) is 5.75 Å². The number of thiophene rings is 1. The van der Waals surface area contributed by atoms with Crippen LogP contribution < -0.4 is 4.74 Å². The number of ether oxygens (including phenoxy) is 1. The van der Waals surface area contributed by atoms with E-state index in [1.807, 2.05) is 46.2 Å². The number of methoxy groups -OCH3 is 1. The van der Waals surface area contributed by atoms with Crippen LogP contribution in [-0.2, 0) is 6.67 Å². The summed E-state index contributed by atoms with van der Waals surface area (Å²) in [7, 11) is 1.54. The summed E-state index contributed by atoms with van der Waals surface area (Å²) in [5, 5.41) is 10.3. The number of hydrogen-bond acceptors (Lipinski definition) is 6. The van der Waals surface area contributed by atoms with Crippen LogP contribution in [0.4, 0.5) is 0 Å². The molecule has 8 nitrogen and oxygen atoms in total. The first-order chi connectivity index (χ1) is 15.2. The Morgan fingerprint density at radius 3 is 2.90 bits per heavy atom. The van der Waals surface area contributed by atoms with E-state index in [2.05, 4.69) is 19.9 Å². The lowest BCUT2D eigenvalue weighted by atomic mass is 9.95. The summed E-state index contributed by atoms with van der Waals surface area (Å²) in [6, 6.07) is 7.91. The zero-order valence-electron chi connectivity index (χ0n) is 16.9. The van der Waals surface area contributed by atoms with Crippen molar-refractivity contribution in [3.05, 3.63) is 57.8 Å². The lowest BCUT2D eigenvalue weighted by Gasteiger charge is -2.32. The van der Waals surface area contributed by atoms with E-state index in [4.69, 9.17) is 16.3 Å². The smallest absolute Gasteiger partial charge is 0.258 e. The molecule has 1 aliphatic heterocycles. The van der Waals surface area contributed by atoms with Gasteiger partial charge in [0.1, 0.15) is 22.3 Å². The third-order valence-corrected chi connectivity index (χ3v) is 6.92. The molecule has 10 heteroatoms. The van der Waals surface area contributed by atoms with Crippen LogP contribution in [0.15, 0.2) is 42.0 Å². The topological polar surface area (TPSA) is 78.1 Å². The van der Waals surface area contributed by atoms with Crippen LogP contribution in [0, 0.1) is 0 Å². The Hall–Kier alpha value is -2.91. The number of piperidine rings is 1. The van der Waals surface area contributed by atoms with Gasteiger partial charge in [0.2, 0.25) is 0 Å². The van der Waals surface area contributed by atoms with Gasteiger partial charge in [0, 0.05) is 36.8 Å². The zero-order chi connectivity index (χ0) is 21.4. The molecule has 160 valence electrons. The first-order valence-electron chi connectivity index (χ1n) is 10.0. The maximum absolute atomic E-state index is 12.9. The van der Waals surface area contributed by atoms with Crippen LogP contribution in [0.2, 0.25) is 4.34 Å². The van der Waals surface area contributed by atoms with E-state index in [1.165, 1.54) is 18.4 Å². The number of benzene rings is 1. The van der Waals surface area contributed by atoms with Gasteiger partial charge in [-0.3, -0.25) is 4.79 Å². The van der Waals surface area contributed by atoms with Crippen molar-refractivity contribution in [2.24, 2.45) is 0 Å². The summed E-state index contributed by atoms with van der Waals surface area (Å²) < 4.78 is 9.81. The number of likely N-dealkylation sites (tertiary alicyclic amines) is 1. The van der Waals surface area contributed by atoms with Gasteiger partial charge in [-0.05, 0) is 25.0 Å². The zero-order valence-corrected chi connectivity index (χ0v) is 18.5. The largest absolute Gasteiger partial charge is 0.493 e. The van der Waals surface area contributed by atoms with Gasteiger partial charge in [0.25, 0.3) is 5.91 Å². The Morgan fingerprint density at radius 2 is 2.10 bits per heavy atom. The van der Waals surface area contributed by atoms with Gasteiger partial charge in [-0.25, -0.2) is 9.67 Å². The van der Waals surface area contributed by atoms with E-state index in [0.717, 1.165) is 29.7 Å². The average Bonchev–Trinajstić information content (AvgIpc) is 3.52. The molecule has 1 saturated heterocycles. The lowest BCUT2D eigenvalue weighted by molar-refractivity contribution is 0.0707. The summed E-state index contributed by atoms with van der Waals surface area (Å²) in [6.45, 7) is 1.89. The predicted molar refractivity (Wildman–Crippen MR) is 119 cm³/mol. The van der Waals surface area contributed by atoms with Crippen molar-refractivity contribution in [2.75, 3.05) is 20.2 Å². The SMILES string of the molecule is COc1c(C(=O)N2CCC(c3nccn3Cn3nnc4ccccc43)CC2)csc1Cl. The van der Waals surface area contributed by atoms with Crippen LogP contribution in [0.5, 0.6) is 5.75 Å². The molecule has 1 amide bonds. The molecule has 4 aromatic rings. The van der Waals surface area contributed by atoms with E-state index in [9.17, 15) is 4.79 Å². The number of aromatic nitrogens is 5. The Morgan fingerprint density at radius 1 is 1.29 bits per heavy atom. The van der Waals surface area contributed by atoms with Gasteiger partial charge < -0.3 is 14.2 Å². The Labute approximate surface area is 188 Å². The molecule has 31 heavy (non-hydrogen) atoms. The molecule has 0 bridgehead atoms. The fraction of sp³-hybridized carbons (Fsp3) is 0.333. The fourth-order valence-corrected chi connectivity index (χ4v) is 5.18. The molecule has 0 unspecified atom stereocenters. The highest BCUT2D eigenvalue weighted by molar-refractivity contribution is 7.15. The number of hydrogen-bond donors (Lipinski definition) is 0. The highest BCUT2D eigenvalue weighted by Gasteiger charge is 2.29. The van der Waals surface area contributed by atoms with Crippen molar-refractivity contribution in [1.29, 1.82) is 0 Å². The van der Waals surface area contributed by atoms with Crippen molar-refractivity contribution in [2.45, 2.75) is 25.4 Å². The number of carbonyl (C=O) groups is 1. The normalized spacial score (nSPS) is 15.0. The Bertz CT molecular complexity index is 1220. The maximum atomic E-state index is 12.9. The highest BCUT2D eigenvalue weighted by atomic mass is 35.5. The minimum Gasteiger partial charge on any atom is -0.493 e. The van der Waals surface area contributed by atoms with E-state index < -0.39 is 0 Å². The van der Waals surface area contributed by atoms with Crippen molar-refractivity contribution in [3.8, 4) is 5.75 Å². The monoisotopic (exact) mass is 456 g/mol.